The lowest BCUT2D eigenvalue weighted by Gasteiger charge is -2.44. The smallest absolute Gasteiger partial charge is 0.157 e. The average molecular weight is 260 g/mol. The molecule has 0 aromatic rings. The number of sulfone groups is 1. The summed E-state index contributed by atoms with van der Waals surface area (Å²) >= 11 is 0. The lowest BCUT2D eigenvalue weighted by Crippen LogP contribution is -2.59. The molecule has 0 saturated carbocycles. The number of nitrogens with zero attached hydrogens (tertiary/aromatic N) is 1. The van der Waals surface area contributed by atoms with Gasteiger partial charge in [-0.05, 0) is 40.2 Å². The Bertz CT molecular complexity index is 351. The average Bonchev–Trinajstić information content (AvgIpc) is 2.26. The fraction of sp³-hybridized carbons (Fsp3) is 1.00. The predicted octanol–water partition coefficient (Wildman–Crippen LogP) is 0.634. The van der Waals surface area contributed by atoms with Crippen molar-refractivity contribution in [3.8, 4) is 0 Å². The lowest BCUT2D eigenvalue weighted by atomic mass is 9.97. The Hall–Kier alpha value is -0.130. The number of hydrogen-bond donors (Lipinski definition) is 1. The zero-order valence-corrected chi connectivity index (χ0v) is 11.8. The van der Waals surface area contributed by atoms with Gasteiger partial charge in [0.25, 0.3) is 0 Å². The van der Waals surface area contributed by atoms with Crippen molar-refractivity contribution in [1.29, 1.82) is 0 Å². The Morgan fingerprint density at radius 2 is 1.71 bits per heavy atom. The van der Waals surface area contributed by atoms with Gasteiger partial charge in [-0.25, -0.2) is 8.42 Å². The Balaban J connectivity index is 2.09. The van der Waals surface area contributed by atoms with E-state index in [1.165, 1.54) is 12.8 Å². The Morgan fingerprint density at radius 3 is 2.24 bits per heavy atom. The zero-order chi connectivity index (χ0) is 12.6. The van der Waals surface area contributed by atoms with Gasteiger partial charge in [-0.2, -0.15) is 0 Å². The Kier molecular flexibility index (Phi) is 3.80. The van der Waals surface area contributed by atoms with Gasteiger partial charge < -0.3 is 5.32 Å². The maximum Gasteiger partial charge on any atom is 0.157 e. The molecule has 2 heterocycles. The van der Waals surface area contributed by atoms with Crippen LogP contribution < -0.4 is 5.32 Å². The monoisotopic (exact) mass is 260 g/mol. The van der Waals surface area contributed by atoms with Crippen LogP contribution in [0.4, 0.5) is 0 Å². The van der Waals surface area contributed by atoms with E-state index in [2.05, 4.69) is 17.1 Å². The molecule has 2 aliphatic rings. The van der Waals surface area contributed by atoms with Crippen LogP contribution in [0.25, 0.3) is 0 Å². The highest BCUT2D eigenvalue weighted by atomic mass is 32.2. The minimum atomic E-state index is -2.89. The van der Waals surface area contributed by atoms with Gasteiger partial charge in [0, 0.05) is 25.2 Å². The van der Waals surface area contributed by atoms with Crippen LogP contribution in [0.1, 0.15) is 33.6 Å². The number of piperidine rings is 1. The zero-order valence-electron chi connectivity index (χ0n) is 11.0. The van der Waals surface area contributed by atoms with E-state index >= 15 is 0 Å². The summed E-state index contributed by atoms with van der Waals surface area (Å²) in [4.78, 5) is 2.38. The van der Waals surface area contributed by atoms with Crippen LogP contribution in [0.5, 0.6) is 0 Å². The van der Waals surface area contributed by atoms with E-state index in [1.807, 2.05) is 13.8 Å². The Morgan fingerprint density at radius 1 is 1.12 bits per heavy atom. The SMILES string of the molecule is CC1NCCCC1N1CC(C)S(=O)(=O)C(C)C1. The maximum atomic E-state index is 12.0. The van der Waals surface area contributed by atoms with Crippen molar-refractivity contribution in [1.82, 2.24) is 10.2 Å². The number of rotatable bonds is 1. The van der Waals surface area contributed by atoms with Gasteiger partial charge in [-0.1, -0.05) is 0 Å². The van der Waals surface area contributed by atoms with Crippen molar-refractivity contribution < 1.29 is 8.42 Å². The molecule has 17 heavy (non-hydrogen) atoms. The van der Waals surface area contributed by atoms with Crippen molar-refractivity contribution in [3.05, 3.63) is 0 Å². The van der Waals surface area contributed by atoms with Gasteiger partial charge in [-0.3, -0.25) is 4.90 Å². The first-order valence-electron chi connectivity index (χ1n) is 6.63. The van der Waals surface area contributed by atoms with Crippen molar-refractivity contribution in [2.45, 2.75) is 56.2 Å². The molecule has 0 aromatic heterocycles. The van der Waals surface area contributed by atoms with Gasteiger partial charge in [0.15, 0.2) is 9.84 Å². The summed E-state index contributed by atoms with van der Waals surface area (Å²) in [6.45, 7) is 8.39. The predicted molar refractivity (Wildman–Crippen MR) is 69.9 cm³/mol. The van der Waals surface area contributed by atoms with E-state index in [0.717, 1.165) is 6.54 Å². The molecule has 0 amide bonds. The van der Waals surface area contributed by atoms with Crippen molar-refractivity contribution in [3.63, 3.8) is 0 Å². The van der Waals surface area contributed by atoms with Gasteiger partial charge in [0.1, 0.15) is 0 Å². The van der Waals surface area contributed by atoms with E-state index < -0.39 is 9.84 Å². The third kappa shape index (κ3) is 2.51. The fourth-order valence-electron chi connectivity index (χ4n) is 3.14. The lowest BCUT2D eigenvalue weighted by molar-refractivity contribution is 0.128. The van der Waals surface area contributed by atoms with E-state index in [9.17, 15) is 8.42 Å². The molecule has 0 radical (unpaired) electrons. The fourth-order valence-corrected chi connectivity index (χ4v) is 4.73. The van der Waals surface area contributed by atoms with E-state index in [4.69, 9.17) is 0 Å². The molecular weight excluding hydrogens is 236 g/mol. The number of hydrogen-bond acceptors (Lipinski definition) is 4. The molecule has 4 nitrogen and oxygen atoms in total. The van der Waals surface area contributed by atoms with Crippen molar-refractivity contribution in [2.24, 2.45) is 0 Å². The normalized spacial score (nSPS) is 43.5. The minimum absolute atomic E-state index is 0.222. The summed E-state index contributed by atoms with van der Waals surface area (Å²) < 4.78 is 24.0. The van der Waals surface area contributed by atoms with E-state index in [0.29, 0.717) is 25.2 Å². The van der Waals surface area contributed by atoms with Gasteiger partial charge in [-0.15, -0.1) is 0 Å². The molecule has 0 bridgehead atoms. The highest BCUT2D eigenvalue weighted by molar-refractivity contribution is 7.92. The molecule has 2 saturated heterocycles. The summed E-state index contributed by atoms with van der Waals surface area (Å²) in [5.41, 5.74) is 0. The molecule has 1 N–H and O–H groups in total. The van der Waals surface area contributed by atoms with E-state index in [1.54, 1.807) is 0 Å². The van der Waals surface area contributed by atoms with Crippen molar-refractivity contribution >= 4 is 9.84 Å². The second-order valence-corrected chi connectivity index (χ2v) is 8.40. The summed E-state index contributed by atoms with van der Waals surface area (Å²) in [5.74, 6) is 0. The van der Waals surface area contributed by atoms with Gasteiger partial charge in [0.05, 0.1) is 10.5 Å². The molecule has 2 fully saturated rings. The third-order valence-corrected chi connectivity index (χ3v) is 6.84. The maximum absolute atomic E-state index is 12.0. The molecule has 4 atom stereocenters. The number of nitrogens with one attached hydrogen (secondary N) is 1. The van der Waals surface area contributed by atoms with Crippen LogP contribution >= 0.6 is 0 Å². The minimum Gasteiger partial charge on any atom is -0.313 e. The highest BCUT2D eigenvalue weighted by Gasteiger charge is 2.39. The molecule has 5 heteroatoms. The van der Waals surface area contributed by atoms with Gasteiger partial charge >= 0.3 is 0 Å². The van der Waals surface area contributed by atoms with Crippen LogP contribution in [0.15, 0.2) is 0 Å². The molecular formula is C12H24N2O2S. The van der Waals surface area contributed by atoms with Gasteiger partial charge in [0.2, 0.25) is 0 Å². The van der Waals surface area contributed by atoms with Crippen LogP contribution in [-0.4, -0.2) is 55.5 Å². The molecule has 0 aliphatic carbocycles. The summed E-state index contributed by atoms with van der Waals surface area (Å²) in [6.07, 6.45) is 2.38. The molecule has 2 aliphatic heterocycles. The first-order valence-corrected chi connectivity index (χ1v) is 8.24. The molecule has 0 aromatic carbocycles. The van der Waals surface area contributed by atoms with Crippen LogP contribution in [0.3, 0.4) is 0 Å². The third-order valence-electron chi connectivity index (χ3n) is 4.29. The molecule has 2 rings (SSSR count). The molecule has 100 valence electrons. The first kappa shape index (κ1) is 13.3. The summed E-state index contributed by atoms with van der Waals surface area (Å²) in [6, 6.07) is 0.980. The Labute approximate surface area is 105 Å². The van der Waals surface area contributed by atoms with Crippen LogP contribution in [-0.2, 0) is 9.84 Å². The second-order valence-electron chi connectivity index (χ2n) is 5.62. The summed E-state index contributed by atoms with van der Waals surface area (Å²) in [5, 5.41) is 3.04. The second kappa shape index (κ2) is 4.86. The molecule has 0 spiro atoms. The highest BCUT2D eigenvalue weighted by Crippen LogP contribution is 2.24. The topological polar surface area (TPSA) is 49.4 Å². The molecule has 4 unspecified atom stereocenters. The van der Waals surface area contributed by atoms with Crippen LogP contribution in [0, 0.1) is 0 Å². The van der Waals surface area contributed by atoms with Crippen molar-refractivity contribution in [2.75, 3.05) is 19.6 Å². The first-order chi connectivity index (χ1) is 7.93. The standard InChI is InChI=1S/C12H24N2O2S/c1-9-7-14(8-10(2)17(9,15)16)12-5-4-6-13-11(12)3/h9-13H,4-8H2,1-3H3. The summed E-state index contributed by atoms with van der Waals surface area (Å²) in [7, 11) is -2.89. The quantitative estimate of drug-likeness (QED) is 0.751. The van der Waals surface area contributed by atoms with Crippen LogP contribution in [0.2, 0.25) is 0 Å². The largest absolute Gasteiger partial charge is 0.313 e. The van der Waals surface area contributed by atoms with E-state index in [-0.39, 0.29) is 10.5 Å².